The van der Waals surface area contributed by atoms with Crippen molar-refractivity contribution in [1.82, 2.24) is 29.5 Å². The number of aryl methyl sites for hydroxylation is 1. The van der Waals surface area contributed by atoms with Gasteiger partial charge in [0, 0.05) is 52.7 Å². The Morgan fingerprint density at radius 2 is 1.83 bits per heavy atom. The molecular formula is C37H35F4N9O2S. The Balaban J connectivity index is 1.32. The quantitative estimate of drug-likeness (QED) is 0.154. The number of halogens is 4. The first-order chi connectivity index (χ1) is 25.3. The highest BCUT2D eigenvalue weighted by Gasteiger charge is 2.49. The lowest BCUT2D eigenvalue weighted by molar-refractivity contribution is -0.122. The summed E-state index contributed by atoms with van der Waals surface area (Å²) in [6.45, 7) is 2.49. The van der Waals surface area contributed by atoms with Crippen LogP contribution in [-0.4, -0.2) is 59.2 Å². The number of benzene rings is 2. The second-order valence-electron chi connectivity index (χ2n) is 14.9. The van der Waals surface area contributed by atoms with Crippen LogP contribution in [0.5, 0.6) is 0 Å². The monoisotopic (exact) mass is 745 g/mol. The molecule has 5 N–H and O–H groups in total. The van der Waals surface area contributed by atoms with Gasteiger partial charge in [-0.2, -0.15) is 15.2 Å². The summed E-state index contributed by atoms with van der Waals surface area (Å²) in [5.74, 6) is -3.06. The number of pyridine rings is 1. The lowest BCUT2D eigenvalue weighted by Gasteiger charge is -2.43. The molecule has 16 heteroatoms. The van der Waals surface area contributed by atoms with Crippen LogP contribution in [0.25, 0.3) is 32.4 Å². The maximum absolute atomic E-state index is 14.8. The molecule has 0 spiro atoms. The molecule has 0 bridgehead atoms. The van der Waals surface area contributed by atoms with Crippen molar-refractivity contribution < 1.29 is 27.5 Å². The zero-order valence-electron chi connectivity index (χ0n) is 28.7. The Morgan fingerprint density at radius 1 is 1.08 bits per heavy atom. The molecule has 2 aromatic carbocycles. The summed E-state index contributed by atoms with van der Waals surface area (Å²) in [6.07, 6.45) is -1.13. The molecule has 5 heterocycles. The number of nitrogens with zero attached hydrogens (tertiary/aromatic N) is 7. The van der Waals surface area contributed by atoms with Crippen molar-refractivity contribution >= 4 is 49.4 Å². The maximum Gasteiger partial charge on any atom is 0.282 e. The minimum absolute atomic E-state index is 0.0659. The molecule has 3 unspecified atom stereocenters. The molecule has 2 aliphatic carbocycles. The molecule has 2 fully saturated rings. The Morgan fingerprint density at radius 3 is 2.53 bits per heavy atom. The molecular weight excluding hydrogens is 711 g/mol. The summed E-state index contributed by atoms with van der Waals surface area (Å²) < 4.78 is 62.5. The maximum atomic E-state index is 14.8. The van der Waals surface area contributed by atoms with Gasteiger partial charge in [0.15, 0.2) is 16.6 Å². The van der Waals surface area contributed by atoms with E-state index in [1.807, 2.05) is 29.2 Å². The molecule has 1 amide bonds. The first-order valence-electron chi connectivity index (χ1n) is 17.4. The molecule has 0 radical (unpaired) electrons. The first-order valence-corrected chi connectivity index (χ1v) is 18.2. The van der Waals surface area contributed by atoms with E-state index < -0.39 is 41.5 Å². The predicted octanol–water partition coefficient (Wildman–Crippen LogP) is 5.91. The molecule has 11 nitrogen and oxygen atoms in total. The van der Waals surface area contributed by atoms with Crippen LogP contribution in [0.1, 0.15) is 72.3 Å². The molecule has 1 aliphatic heterocycles. The van der Waals surface area contributed by atoms with Crippen molar-refractivity contribution in [3.8, 4) is 11.1 Å². The Hall–Kier alpha value is -5.09. The van der Waals surface area contributed by atoms with Gasteiger partial charge < -0.3 is 21.5 Å². The third kappa shape index (κ3) is 5.61. The number of hydrogen-bond acceptors (Lipinski definition) is 9. The van der Waals surface area contributed by atoms with Crippen LogP contribution in [0.4, 0.5) is 28.5 Å². The topological polar surface area (TPSA) is 154 Å². The van der Waals surface area contributed by atoms with E-state index in [1.165, 1.54) is 28.2 Å². The van der Waals surface area contributed by atoms with E-state index in [0.717, 1.165) is 18.9 Å². The number of nitrogens with two attached hydrogens (primary N) is 2. The van der Waals surface area contributed by atoms with Crippen LogP contribution in [0.2, 0.25) is 0 Å². The SMILES string of the molecule is Cn1nc(N)c2cccc(-c3cc4sc(N5CC(C)(O)C5)nc4nc3[C@@H](Cc3cc(F)cc(F)c3)C(C(N)=O)n3nc(C(F)F)c4c3C3CC3CC4)c21. The van der Waals surface area contributed by atoms with E-state index in [0.29, 0.717) is 79.8 Å². The third-order valence-corrected chi connectivity index (χ3v) is 12.0. The van der Waals surface area contributed by atoms with Crippen molar-refractivity contribution in [2.45, 2.75) is 62.5 Å². The summed E-state index contributed by atoms with van der Waals surface area (Å²) in [6, 6.07) is 9.12. The van der Waals surface area contributed by atoms with Crippen molar-refractivity contribution in [2.75, 3.05) is 23.7 Å². The molecule has 3 aliphatic rings. The Labute approximate surface area is 304 Å². The molecule has 1 saturated heterocycles. The normalized spacial score (nSPS) is 20.0. The zero-order chi connectivity index (χ0) is 37.1. The number of amides is 1. The van der Waals surface area contributed by atoms with Crippen molar-refractivity contribution in [3.63, 3.8) is 0 Å². The van der Waals surface area contributed by atoms with Crippen molar-refractivity contribution in [1.29, 1.82) is 0 Å². The lowest BCUT2D eigenvalue weighted by Crippen LogP contribution is -2.60. The summed E-state index contributed by atoms with van der Waals surface area (Å²) in [7, 11) is 1.75. The molecule has 6 aromatic rings. The molecule has 53 heavy (non-hydrogen) atoms. The number of nitrogen functional groups attached to an aromatic ring is 1. The average Bonchev–Trinajstić information content (AvgIpc) is 3.45. The number of aromatic nitrogens is 6. The highest BCUT2D eigenvalue weighted by molar-refractivity contribution is 7.22. The summed E-state index contributed by atoms with van der Waals surface area (Å²) in [5, 5.41) is 20.6. The first kappa shape index (κ1) is 33.7. The number of thiazole rings is 1. The van der Waals surface area contributed by atoms with E-state index in [2.05, 4.69) is 10.2 Å². The van der Waals surface area contributed by atoms with Crippen LogP contribution in [0, 0.1) is 17.6 Å². The lowest BCUT2D eigenvalue weighted by atomic mass is 9.84. The number of aliphatic hydroxyl groups is 1. The smallest absolute Gasteiger partial charge is 0.282 e. The van der Waals surface area contributed by atoms with Gasteiger partial charge in [-0.25, -0.2) is 22.5 Å². The predicted molar refractivity (Wildman–Crippen MR) is 192 cm³/mol. The highest BCUT2D eigenvalue weighted by Crippen LogP contribution is 2.57. The van der Waals surface area contributed by atoms with Gasteiger partial charge in [0.05, 0.1) is 34.6 Å². The van der Waals surface area contributed by atoms with E-state index in [-0.39, 0.29) is 29.5 Å². The summed E-state index contributed by atoms with van der Waals surface area (Å²) in [4.78, 5) is 25.8. The van der Waals surface area contributed by atoms with E-state index >= 15 is 0 Å². The van der Waals surface area contributed by atoms with Crippen LogP contribution >= 0.6 is 11.3 Å². The molecule has 9 rings (SSSR count). The van der Waals surface area contributed by atoms with Gasteiger partial charge in [-0.3, -0.25) is 14.2 Å². The standard InChI is InChI=1S/C37H35F4N9O2S/c1-37(52)14-49(15-37)36-45-35-26(53-36)13-24(20-4-3-5-22-29(20)48(2)47-33(22)42)27(44-35)25(10-16-8-18(38)12-19(39)9-16)31(34(43)51)50-30-21(28(46-50)32(40)41)7-6-17-11-23(17)30/h3-5,8-9,12-13,17,23,25,31-32,52H,6-7,10-11,14-15H2,1-2H3,(H2,42,47)(H2,43,51)/t17?,23?,25-,31?/m1/s1. The van der Waals surface area contributed by atoms with Gasteiger partial charge >= 0.3 is 0 Å². The van der Waals surface area contributed by atoms with Gasteiger partial charge in [-0.05, 0) is 68.4 Å². The molecule has 4 aromatic heterocycles. The number of fused-ring (bicyclic) bond motifs is 5. The van der Waals surface area contributed by atoms with Crippen LogP contribution in [0.15, 0.2) is 42.5 Å². The van der Waals surface area contributed by atoms with Gasteiger partial charge in [-0.1, -0.05) is 23.5 Å². The highest BCUT2D eigenvalue weighted by atomic mass is 32.1. The second-order valence-corrected chi connectivity index (χ2v) is 15.9. The number of para-hydroxylation sites is 1. The largest absolute Gasteiger partial charge is 0.386 e. The molecule has 4 atom stereocenters. The summed E-state index contributed by atoms with van der Waals surface area (Å²) in [5.41, 5.74) is 15.0. The van der Waals surface area contributed by atoms with Gasteiger partial charge in [0.1, 0.15) is 23.4 Å². The number of anilines is 2. The fourth-order valence-corrected chi connectivity index (χ4v) is 9.54. The van der Waals surface area contributed by atoms with E-state index in [9.17, 15) is 27.5 Å². The Kier molecular flexibility index (Phi) is 7.61. The zero-order valence-corrected chi connectivity index (χ0v) is 29.5. The number of hydrogen-bond donors (Lipinski definition) is 3. The number of primary amides is 1. The molecule has 1 saturated carbocycles. The van der Waals surface area contributed by atoms with Gasteiger partial charge in [0.2, 0.25) is 5.91 Å². The van der Waals surface area contributed by atoms with Crippen molar-refractivity contribution in [3.05, 3.63) is 82.3 Å². The third-order valence-electron chi connectivity index (χ3n) is 10.9. The number of carbonyl (C=O) groups is 1. The number of rotatable bonds is 9. The van der Waals surface area contributed by atoms with E-state index in [1.54, 1.807) is 18.7 Å². The average molecular weight is 746 g/mol. The fraction of sp³-hybridized carbons (Fsp3) is 0.378. The van der Waals surface area contributed by atoms with Crippen molar-refractivity contribution in [2.24, 2.45) is 18.7 Å². The van der Waals surface area contributed by atoms with Crippen LogP contribution in [-0.2, 0) is 24.7 Å². The number of carbonyl (C=O) groups excluding carboxylic acids is 1. The fourth-order valence-electron chi connectivity index (χ4n) is 8.59. The number of alkyl halides is 2. The second kappa shape index (κ2) is 12.0. The minimum atomic E-state index is -2.89. The van der Waals surface area contributed by atoms with Crippen LogP contribution in [0.3, 0.4) is 0 Å². The summed E-state index contributed by atoms with van der Waals surface area (Å²) >= 11 is 1.38. The van der Waals surface area contributed by atoms with Gasteiger partial charge in [0.25, 0.3) is 6.43 Å². The van der Waals surface area contributed by atoms with Gasteiger partial charge in [-0.15, -0.1) is 0 Å². The molecule has 274 valence electrons. The Bertz CT molecular complexity index is 2450. The minimum Gasteiger partial charge on any atom is -0.386 e. The van der Waals surface area contributed by atoms with Crippen LogP contribution < -0.4 is 16.4 Å². The number of β-amino-alcohol motifs (C(OH)–C–C–N with tert-alkyl or cyclic N) is 1. The van der Waals surface area contributed by atoms with E-state index in [4.69, 9.17) is 21.4 Å².